The van der Waals surface area contributed by atoms with Gasteiger partial charge in [0.1, 0.15) is 5.82 Å². The molecule has 0 bridgehead atoms. The van der Waals surface area contributed by atoms with E-state index in [0.717, 1.165) is 0 Å². The molecule has 0 atom stereocenters. The lowest BCUT2D eigenvalue weighted by atomic mass is 10.2. The van der Waals surface area contributed by atoms with E-state index in [1.54, 1.807) is 31.2 Å². The molecule has 0 saturated carbocycles. The van der Waals surface area contributed by atoms with E-state index in [9.17, 15) is 9.90 Å². The van der Waals surface area contributed by atoms with E-state index in [0.29, 0.717) is 22.3 Å². The Morgan fingerprint density at radius 3 is 2.83 bits per heavy atom. The molecule has 0 spiro atoms. The average Bonchev–Trinajstić information content (AvgIpc) is 2.57. The zero-order valence-electron chi connectivity index (χ0n) is 13.0. The number of rotatable bonds is 3. The molecule has 7 heteroatoms. The number of aromatic nitrogens is 2. The third-order valence-corrected chi connectivity index (χ3v) is 3.80. The van der Waals surface area contributed by atoms with Crippen molar-refractivity contribution in [3.63, 3.8) is 0 Å². The van der Waals surface area contributed by atoms with Gasteiger partial charge in [-0.15, -0.1) is 0 Å². The topological polar surface area (TPSA) is 76.7 Å². The van der Waals surface area contributed by atoms with Crippen LogP contribution in [0.15, 0.2) is 46.3 Å². The van der Waals surface area contributed by atoms with Crippen LogP contribution in [0.3, 0.4) is 0 Å². The van der Waals surface area contributed by atoms with Crippen LogP contribution in [0.5, 0.6) is 11.5 Å². The Kier molecular flexibility index (Phi) is 4.22. The highest BCUT2D eigenvalue weighted by molar-refractivity contribution is 6.32. The highest BCUT2D eigenvalue weighted by Crippen LogP contribution is 2.34. The molecule has 0 fully saturated rings. The van der Waals surface area contributed by atoms with E-state index < -0.39 is 0 Å². The summed E-state index contributed by atoms with van der Waals surface area (Å²) in [6.07, 6.45) is 1.46. The van der Waals surface area contributed by atoms with Crippen molar-refractivity contribution in [2.45, 2.75) is 6.92 Å². The molecule has 0 radical (unpaired) electrons. The minimum Gasteiger partial charge on any atom is -0.503 e. The number of hydrogen-bond acceptors (Lipinski definition) is 5. The zero-order valence-corrected chi connectivity index (χ0v) is 13.8. The van der Waals surface area contributed by atoms with Crippen LogP contribution < -0.4 is 10.3 Å². The van der Waals surface area contributed by atoms with Crippen molar-refractivity contribution in [1.29, 1.82) is 0 Å². The third kappa shape index (κ3) is 2.83. The van der Waals surface area contributed by atoms with Gasteiger partial charge in [0, 0.05) is 0 Å². The van der Waals surface area contributed by atoms with E-state index >= 15 is 0 Å². The number of hydrogen-bond donors (Lipinski definition) is 1. The van der Waals surface area contributed by atoms with Gasteiger partial charge in [-0.1, -0.05) is 23.7 Å². The Labute approximate surface area is 142 Å². The first-order valence-electron chi connectivity index (χ1n) is 7.10. The summed E-state index contributed by atoms with van der Waals surface area (Å²) in [6.45, 7) is 1.70. The number of halogens is 1. The van der Waals surface area contributed by atoms with Gasteiger partial charge in [-0.25, -0.2) is 4.98 Å². The highest BCUT2D eigenvalue weighted by atomic mass is 35.5. The Morgan fingerprint density at radius 1 is 1.33 bits per heavy atom. The maximum Gasteiger partial charge on any atom is 0.282 e. The fourth-order valence-electron chi connectivity index (χ4n) is 2.32. The molecule has 3 aromatic rings. The van der Waals surface area contributed by atoms with Crippen LogP contribution in [0.4, 0.5) is 0 Å². The first kappa shape index (κ1) is 16.0. The highest BCUT2D eigenvalue weighted by Gasteiger charge is 2.09. The van der Waals surface area contributed by atoms with Gasteiger partial charge < -0.3 is 9.84 Å². The molecule has 0 aliphatic rings. The van der Waals surface area contributed by atoms with Crippen LogP contribution in [0.1, 0.15) is 11.4 Å². The lowest BCUT2D eigenvalue weighted by molar-refractivity contribution is 0.373. The number of phenols is 1. The second-order valence-corrected chi connectivity index (χ2v) is 5.50. The summed E-state index contributed by atoms with van der Waals surface area (Å²) in [5.74, 6) is 0.550. The largest absolute Gasteiger partial charge is 0.503 e. The molecule has 6 nitrogen and oxygen atoms in total. The van der Waals surface area contributed by atoms with Crippen LogP contribution in [0, 0.1) is 6.92 Å². The molecule has 0 saturated heterocycles. The van der Waals surface area contributed by atoms with Gasteiger partial charge in [0.15, 0.2) is 11.5 Å². The van der Waals surface area contributed by atoms with Gasteiger partial charge >= 0.3 is 0 Å². The number of nitrogens with zero attached hydrogens (tertiary/aromatic N) is 3. The average molecular weight is 344 g/mol. The van der Waals surface area contributed by atoms with Gasteiger partial charge in [-0.2, -0.15) is 9.78 Å². The second kappa shape index (κ2) is 6.33. The van der Waals surface area contributed by atoms with Crippen LogP contribution in [-0.2, 0) is 0 Å². The molecule has 1 N–H and O–H groups in total. The smallest absolute Gasteiger partial charge is 0.282 e. The second-order valence-electron chi connectivity index (χ2n) is 5.09. The molecule has 3 rings (SSSR count). The molecule has 0 amide bonds. The van der Waals surface area contributed by atoms with E-state index in [2.05, 4.69) is 10.1 Å². The summed E-state index contributed by atoms with van der Waals surface area (Å²) in [5, 5.41) is 14.6. The van der Waals surface area contributed by atoms with Crippen LogP contribution in [0.2, 0.25) is 5.02 Å². The van der Waals surface area contributed by atoms with Crippen molar-refractivity contribution >= 4 is 28.7 Å². The number of fused-ring (bicyclic) bond motifs is 1. The fraction of sp³-hybridized carbons (Fsp3) is 0.118. The minimum atomic E-state index is -0.258. The first-order chi connectivity index (χ1) is 11.5. The summed E-state index contributed by atoms with van der Waals surface area (Å²) >= 11 is 5.95. The van der Waals surface area contributed by atoms with Crippen molar-refractivity contribution in [3.05, 3.63) is 63.2 Å². The third-order valence-electron chi connectivity index (χ3n) is 3.51. The Morgan fingerprint density at radius 2 is 2.08 bits per heavy atom. The predicted octanol–water partition coefficient (Wildman–Crippen LogP) is 2.95. The van der Waals surface area contributed by atoms with Gasteiger partial charge in [0.2, 0.25) is 0 Å². The molecule has 0 aliphatic carbocycles. The van der Waals surface area contributed by atoms with Crippen LogP contribution >= 0.6 is 11.6 Å². The first-order valence-corrected chi connectivity index (χ1v) is 7.48. The number of aryl methyl sites for hydroxylation is 1. The summed E-state index contributed by atoms with van der Waals surface area (Å²) in [6, 6.07) is 10.2. The summed E-state index contributed by atoms with van der Waals surface area (Å²) < 4.78 is 6.26. The number of ether oxygens (including phenoxy) is 1. The number of phenolic OH excluding ortho intramolecular Hbond substituents is 1. The van der Waals surface area contributed by atoms with Crippen molar-refractivity contribution in [1.82, 2.24) is 9.66 Å². The predicted molar refractivity (Wildman–Crippen MR) is 93.4 cm³/mol. The normalized spacial score (nSPS) is 11.3. The van der Waals surface area contributed by atoms with E-state index in [1.165, 1.54) is 24.1 Å². The SMILES string of the molecule is COc1cc(/C=N/n2c(C)nc3ccccc3c2=O)cc(Cl)c1O. The molecular weight excluding hydrogens is 330 g/mol. The molecule has 24 heavy (non-hydrogen) atoms. The maximum atomic E-state index is 12.5. The van der Waals surface area contributed by atoms with Crippen molar-refractivity contribution in [2.75, 3.05) is 7.11 Å². The summed E-state index contributed by atoms with van der Waals surface area (Å²) in [5.41, 5.74) is 0.945. The van der Waals surface area contributed by atoms with E-state index in [4.69, 9.17) is 16.3 Å². The number of benzene rings is 2. The van der Waals surface area contributed by atoms with Gasteiger partial charge in [0.25, 0.3) is 5.56 Å². The van der Waals surface area contributed by atoms with Gasteiger partial charge in [-0.05, 0) is 36.8 Å². The molecule has 122 valence electrons. The number of para-hydroxylation sites is 1. The zero-order chi connectivity index (χ0) is 17.3. The van der Waals surface area contributed by atoms with Crippen molar-refractivity contribution in [3.8, 4) is 11.5 Å². The number of aromatic hydroxyl groups is 1. The number of methoxy groups -OCH3 is 1. The molecule has 0 aliphatic heterocycles. The molecule has 2 aromatic carbocycles. The summed E-state index contributed by atoms with van der Waals surface area (Å²) in [7, 11) is 1.42. The van der Waals surface area contributed by atoms with E-state index in [1.807, 2.05) is 6.07 Å². The van der Waals surface area contributed by atoms with E-state index in [-0.39, 0.29) is 22.1 Å². The Hall–Kier alpha value is -2.86. The molecule has 0 unspecified atom stereocenters. The minimum absolute atomic E-state index is 0.136. The van der Waals surface area contributed by atoms with Crippen molar-refractivity contribution < 1.29 is 9.84 Å². The fourth-order valence-corrected chi connectivity index (χ4v) is 2.54. The lowest BCUT2D eigenvalue weighted by Crippen LogP contribution is -2.20. The Balaban J connectivity index is 2.09. The van der Waals surface area contributed by atoms with Crippen LogP contribution in [-0.4, -0.2) is 28.1 Å². The lowest BCUT2D eigenvalue weighted by Gasteiger charge is -2.07. The van der Waals surface area contributed by atoms with Crippen LogP contribution in [0.25, 0.3) is 10.9 Å². The monoisotopic (exact) mass is 343 g/mol. The maximum absolute atomic E-state index is 12.5. The van der Waals surface area contributed by atoms with Gasteiger partial charge in [0.05, 0.1) is 29.2 Å². The standard InChI is InChI=1S/C17H14ClN3O3/c1-10-20-14-6-4-3-5-12(14)17(23)21(10)19-9-11-7-13(18)16(22)15(8-11)24-2/h3-9,22H,1-2H3/b19-9+. The summed E-state index contributed by atoms with van der Waals surface area (Å²) in [4.78, 5) is 16.9. The Bertz CT molecular complexity index is 1010. The van der Waals surface area contributed by atoms with Gasteiger partial charge in [-0.3, -0.25) is 4.79 Å². The molecule has 1 aromatic heterocycles. The quantitative estimate of drug-likeness (QED) is 0.742. The molecule has 1 heterocycles. The van der Waals surface area contributed by atoms with Crippen molar-refractivity contribution in [2.24, 2.45) is 5.10 Å². The molecular formula is C17H14ClN3O3.